The fourth-order valence-corrected chi connectivity index (χ4v) is 13.5. The summed E-state index contributed by atoms with van der Waals surface area (Å²) in [6, 6.07) is 11.8. The Balaban J connectivity index is 0.918. The molecule has 2 saturated heterocycles. The monoisotopic (exact) mass is 1190 g/mol. The van der Waals surface area contributed by atoms with Crippen LogP contribution in [0.1, 0.15) is 194 Å². The summed E-state index contributed by atoms with van der Waals surface area (Å²) in [7, 11) is 0. The van der Waals surface area contributed by atoms with Crippen molar-refractivity contribution >= 4 is 70.1 Å². The molecule has 0 spiro atoms. The molecule has 84 heavy (non-hydrogen) atoms. The molecule has 6 atom stereocenters. The van der Waals surface area contributed by atoms with E-state index < -0.39 is 94.7 Å². The summed E-state index contributed by atoms with van der Waals surface area (Å²) in [5.74, 6) is -3.92. The third-order valence-corrected chi connectivity index (χ3v) is 17.6. The van der Waals surface area contributed by atoms with Gasteiger partial charge in [-0.05, 0) is 165 Å². The van der Waals surface area contributed by atoms with Gasteiger partial charge in [-0.3, -0.25) is 28.8 Å². The normalized spacial score (nSPS) is 20.3. The van der Waals surface area contributed by atoms with Crippen LogP contribution in [-0.4, -0.2) is 116 Å². The van der Waals surface area contributed by atoms with Gasteiger partial charge in [-0.15, -0.1) is 22.7 Å². The molecular weight excluding hydrogens is 1120 g/mol. The van der Waals surface area contributed by atoms with Crippen molar-refractivity contribution in [3.63, 3.8) is 0 Å². The minimum Gasteiger partial charge on any atom is -0.444 e. The van der Waals surface area contributed by atoms with Crippen LogP contribution in [0.4, 0.5) is 18.4 Å². The molecule has 9 rings (SSSR count). The average molecular weight is 1190 g/mol. The summed E-state index contributed by atoms with van der Waals surface area (Å²) in [5.41, 5.74) is -0.513. The Kier molecular flexibility index (Phi) is 19.1. The fourth-order valence-electron chi connectivity index (χ4n) is 11.7. The highest BCUT2D eigenvalue weighted by Crippen LogP contribution is 2.39. The van der Waals surface area contributed by atoms with E-state index in [2.05, 4.69) is 21.3 Å². The minimum atomic E-state index is -0.945. The SMILES string of the molecule is CC(C)(C)OC(=O)N[C@H](C(=O)N1C[C@@H](NC(=O)c2ccc(C(=O)N[C@H]3C[C@@H](c4nc(C(=O)c5ccc(F)cc5)cs4)N(C(=O)[C@@H](NC(=O)OC(C)(C)C)C4CCCCC4)C3)cc2)C[C@H]1c1nc(C(=O)c2ccc(F)cc2)cs1)C1CCCCC1. The average Bonchev–Trinajstić information content (AvgIpc) is 4.19. The summed E-state index contributed by atoms with van der Waals surface area (Å²) in [6.07, 6.45) is 7.33. The van der Waals surface area contributed by atoms with Gasteiger partial charge in [-0.1, -0.05) is 38.5 Å². The Hall–Kier alpha value is -7.46. The van der Waals surface area contributed by atoms with E-state index in [0.29, 0.717) is 35.7 Å². The number of nitrogens with one attached hydrogen (secondary N) is 4. The predicted molar refractivity (Wildman–Crippen MR) is 310 cm³/mol. The molecule has 5 aromatic rings. The van der Waals surface area contributed by atoms with E-state index >= 15 is 0 Å². The molecule has 2 saturated carbocycles. The number of likely N-dealkylation sites (tertiary alicyclic amines) is 2. The van der Waals surface area contributed by atoms with Gasteiger partial charge in [-0.2, -0.15) is 0 Å². The number of amides is 6. The lowest BCUT2D eigenvalue weighted by Gasteiger charge is -2.35. The van der Waals surface area contributed by atoms with Gasteiger partial charge in [-0.25, -0.2) is 28.3 Å². The van der Waals surface area contributed by atoms with Crippen molar-refractivity contribution < 1.29 is 56.6 Å². The van der Waals surface area contributed by atoms with E-state index in [4.69, 9.17) is 19.4 Å². The maximum atomic E-state index is 15.0. The number of alkyl carbamates (subject to hydrolysis) is 2. The Bertz CT molecular complexity index is 3010. The Morgan fingerprint density at radius 1 is 0.512 bits per heavy atom. The summed E-state index contributed by atoms with van der Waals surface area (Å²) >= 11 is 2.36. The molecule has 6 amide bonds. The molecule has 22 heteroatoms. The van der Waals surface area contributed by atoms with Crippen LogP contribution >= 0.6 is 22.7 Å². The first-order chi connectivity index (χ1) is 40.0. The van der Waals surface area contributed by atoms with Gasteiger partial charge in [0, 0.05) is 58.2 Å². The van der Waals surface area contributed by atoms with Crippen LogP contribution in [0.5, 0.6) is 0 Å². The van der Waals surface area contributed by atoms with Gasteiger partial charge in [0.15, 0.2) is 0 Å². The number of thiazole rings is 2. The molecule has 2 aromatic heterocycles. The zero-order chi connectivity index (χ0) is 60.0. The van der Waals surface area contributed by atoms with E-state index in [-0.39, 0.29) is 83.2 Å². The van der Waals surface area contributed by atoms with Crippen molar-refractivity contribution in [3.05, 3.63) is 139 Å². The number of ketones is 2. The standard InChI is InChI=1S/C62H72F2N8O10S2/c1-61(2,3)81-59(79)69-49(35-13-9-7-10-14-35)57(77)71-31-43(29-47(71)55-67-45(33-83-55)51(73)37-21-25-41(63)26-22-37)65-53(75)39-17-19-40(20-18-39)54(76)66-44-30-48(56-68-46(34-84-56)52(74)38-23-27-42(64)28-24-38)72(32-44)58(78)50(36-15-11-8-12-16-36)70-60(80)82-62(4,5)6/h17-28,33-36,43-44,47-50H,7-16,29-32H2,1-6H3,(H,65,75)(H,66,76)(H,69,79)(H,70,80)/t43-,44-,47-,48-,49-,50-/m0/s1. The Morgan fingerprint density at radius 2 is 0.845 bits per heavy atom. The fraction of sp³-hybridized carbons (Fsp3) is 0.484. The van der Waals surface area contributed by atoms with Crippen molar-refractivity contribution in [2.45, 2.75) is 166 Å². The summed E-state index contributed by atoms with van der Waals surface area (Å²) < 4.78 is 38.8. The predicted octanol–water partition coefficient (Wildman–Crippen LogP) is 10.4. The van der Waals surface area contributed by atoms with E-state index in [0.717, 1.165) is 38.5 Å². The maximum Gasteiger partial charge on any atom is 0.408 e. The third-order valence-electron chi connectivity index (χ3n) is 15.7. The lowest BCUT2D eigenvalue weighted by Crippen LogP contribution is -2.54. The molecule has 4 heterocycles. The molecule has 0 bridgehead atoms. The Morgan fingerprint density at radius 3 is 1.18 bits per heavy atom. The summed E-state index contributed by atoms with van der Waals surface area (Å²) in [4.78, 5) is 125. The molecule has 4 aliphatic rings. The van der Waals surface area contributed by atoms with Crippen LogP contribution in [0.25, 0.3) is 0 Å². The Labute approximate surface area is 495 Å². The van der Waals surface area contributed by atoms with E-state index in [1.165, 1.54) is 95.5 Å². The second kappa shape index (κ2) is 26.2. The number of hydrogen-bond acceptors (Lipinski definition) is 14. The van der Waals surface area contributed by atoms with Crippen LogP contribution in [-0.2, 0) is 19.1 Å². The van der Waals surface area contributed by atoms with Gasteiger partial charge < -0.3 is 40.5 Å². The molecule has 3 aromatic carbocycles. The highest BCUT2D eigenvalue weighted by Gasteiger charge is 2.46. The van der Waals surface area contributed by atoms with Crippen molar-refractivity contribution in [1.29, 1.82) is 0 Å². The number of benzene rings is 3. The number of halogens is 2. The number of rotatable bonds is 16. The van der Waals surface area contributed by atoms with Gasteiger partial charge >= 0.3 is 12.2 Å². The molecule has 2 aliphatic carbocycles. The van der Waals surface area contributed by atoms with E-state index in [9.17, 15) is 47.1 Å². The number of aromatic nitrogens is 2. The molecule has 0 radical (unpaired) electrons. The quantitative estimate of drug-likeness (QED) is 0.0676. The second-order valence-electron chi connectivity index (χ2n) is 24.3. The largest absolute Gasteiger partial charge is 0.444 e. The van der Waals surface area contributed by atoms with Crippen molar-refractivity contribution in [1.82, 2.24) is 41.0 Å². The number of hydrogen-bond donors (Lipinski definition) is 4. The molecule has 4 fully saturated rings. The van der Waals surface area contributed by atoms with Crippen molar-refractivity contribution in [2.24, 2.45) is 11.8 Å². The number of nitrogens with zero attached hydrogens (tertiary/aromatic N) is 4. The van der Waals surface area contributed by atoms with Gasteiger partial charge in [0.1, 0.15) is 56.3 Å². The van der Waals surface area contributed by atoms with Gasteiger partial charge in [0.05, 0.1) is 12.1 Å². The zero-order valence-electron chi connectivity index (χ0n) is 48.0. The molecule has 446 valence electrons. The number of ether oxygens (including phenoxy) is 2. The van der Waals surface area contributed by atoms with Crippen LogP contribution in [0.3, 0.4) is 0 Å². The van der Waals surface area contributed by atoms with Crippen LogP contribution < -0.4 is 21.3 Å². The van der Waals surface area contributed by atoms with Crippen molar-refractivity contribution in [3.8, 4) is 0 Å². The van der Waals surface area contributed by atoms with Gasteiger partial charge in [0.2, 0.25) is 23.4 Å². The highest BCUT2D eigenvalue weighted by molar-refractivity contribution is 7.10. The lowest BCUT2D eigenvalue weighted by molar-refractivity contribution is -0.137. The van der Waals surface area contributed by atoms with Gasteiger partial charge in [0.25, 0.3) is 11.8 Å². The lowest BCUT2D eigenvalue weighted by atomic mass is 9.83. The molecule has 0 unspecified atom stereocenters. The first kappa shape index (κ1) is 61.1. The highest BCUT2D eigenvalue weighted by atomic mass is 32.1. The molecule has 18 nitrogen and oxygen atoms in total. The molecule has 2 aliphatic heterocycles. The minimum absolute atomic E-state index is 0.0446. The second-order valence-corrected chi connectivity index (χ2v) is 26.0. The van der Waals surface area contributed by atoms with Crippen LogP contribution in [0.2, 0.25) is 0 Å². The third kappa shape index (κ3) is 15.3. The number of carbonyl (C=O) groups is 8. The summed E-state index contributed by atoms with van der Waals surface area (Å²) in [5, 5.41) is 16.0. The smallest absolute Gasteiger partial charge is 0.408 e. The zero-order valence-corrected chi connectivity index (χ0v) is 49.7. The van der Waals surface area contributed by atoms with Crippen molar-refractivity contribution in [2.75, 3.05) is 13.1 Å². The topological polar surface area (TPSA) is 235 Å². The van der Waals surface area contributed by atoms with E-state index in [1.807, 2.05) is 0 Å². The number of carbonyl (C=O) groups excluding carboxylic acids is 8. The molecular formula is C62H72F2N8O10S2. The first-order valence-corrected chi connectivity index (χ1v) is 30.6. The molecule has 4 N–H and O–H groups in total. The maximum absolute atomic E-state index is 15.0. The van der Waals surface area contributed by atoms with Crippen LogP contribution in [0, 0.1) is 23.5 Å². The first-order valence-electron chi connectivity index (χ1n) is 28.8. The summed E-state index contributed by atoms with van der Waals surface area (Å²) in [6.45, 7) is 10.5. The van der Waals surface area contributed by atoms with E-state index in [1.54, 1.807) is 62.1 Å². The van der Waals surface area contributed by atoms with Crippen LogP contribution in [0.15, 0.2) is 83.6 Å².